The van der Waals surface area contributed by atoms with Crippen LogP contribution in [0.25, 0.3) is 0 Å². The van der Waals surface area contributed by atoms with Gasteiger partial charge in [0.05, 0.1) is 19.9 Å². The predicted octanol–water partition coefficient (Wildman–Crippen LogP) is 2.94. The summed E-state index contributed by atoms with van der Waals surface area (Å²) in [6.45, 7) is 3.48. The summed E-state index contributed by atoms with van der Waals surface area (Å²) in [5.41, 5.74) is 0.923. The molecule has 0 unspecified atom stereocenters. The lowest BCUT2D eigenvalue weighted by molar-refractivity contribution is -0.143. The Kier molecular flexibility index (Phi) is 7.57. The van der Waals surface area contributed by atoms with Gasteiger partial charge in [-0.05, 0) is 55.5 Å². The Bertz CT molecular complexity index is 1120. The van der Waals surface area contributed by atoms with Gasteiger partial charge in [0.25, 0.3) is 5.91 Å². The number of benzene rings is 2. The van der Waals surface area contributed by atoms with Crippen LogP contribution in [0.2, 0.25) is 0 Å². The number of hydrogen-bond acceptors (Lipinski definition) is 6. The highest BCUT2D eigenvalue weighted by molar-refractivity contribution is 7.98. The lowest BCUT2D eigenvalue weighted by atomic mass is 9.85. The third-order valence-electron chi connectivity index (χ3n) is 7.49. The number of thioether (sulfide) groups is 1. The lowest BCUT2D eigenvalue weighted by Gasteiger charge is -2.43. The van der Waals surface area contributed by atoms with Gasteiger partial charge in [-0.15, -0.1) is 11.8 Å². The Morgan fingerprint density at radius 3 is 2.27 bits per heavy atom. The number of nitrogens with one attached hydrogen (secondary N) is 1. The maximum Gasteiger partial charge on any atom is 0.321 e. The highest BCUT2D eigenvalue weighted by atomic mass is 32.2. The monoisotopic (exact) mass is 523 g/mol. The minimum atomic E-state index is -0.774. The average molecular weight is 524 g/mol. The van der Waals surface area contributed by atoms with Crippen molar-refractivity contribution in [3.05, 3.63) is 54.6 Å². The number of carbonyl (C=O) groups excluding carboxylic acids is 3. The molecule has 3 fully saturated rings. The number of anilines is 2. The summed E-state index contributed by atoms with van der Waals surface area (Å²) in [5, 5.41) is 2.98. The van der Waals surface area contributed by atoms with Crippen molar-refractivity contribution in [1.82, 2.24) is 14.7 Å². The Balaban J connectivity index is 1.29. The average Bonchev–Trinajstić information content (AvgIpc) is 3.20. The van der Waals surface area contributed by atoms with Gasteiger partial charge in [-0.1, -0.05) is 18.2 Å². The molecule has 1 N–H and O–H groups in total. The van der Waals surface area contributed by atoms with Crippen molar-refractivity contribution in [2.24, 2.45) is 0 Å². The Morgan fingerprint density at radius 2 is 1.62 bits per heavy atom. The maximum atomic E-state index is 13.9. The van der Waals surface area contributed by atoms with Crippen LogP contribution in [0.3, 0.4) is 0 Å². The van der Waals surface area contributed by atoms with Crippen LogP contribution in [0, 0.1) is 0 Å². The van der Waals surface area contributed by atoms with Crippen molar-refractivity contribution < 1.29 is 19.1 Å². The number of hydrogen-bond donors (Lipinski definition) is 1. The molecule has 0 saturated carbocycles. The molecule has 3 aliphatic rings. The molecule has 3 saturated heterocycles. The van der Waals surface area contributed by atoms with Gasteiger partial charge in [-0.25, -0.2) is 4.79 Å². The molecule has 4 amide bonds. The first kappa shape index (κ1) is 25.4. The maximum absolute atomic E-state index is 13.9. The number of carbonyl (C=O) groups is 3. The molecule has 0 radical (unpaired) electrons. The summed E-state index contributed by atoms with van der Waals surface area (Å²) in [4.78, 5) is 48.3. The van der Waals surface area contributed by atoms with Gasteiger partial charge in [-0.3, -0.25) is 9.59 Å². The second-order valence-corrected chi connectivity index (χ2v) is 10.5. The molecule has 37 heavy (non-hydrogen) atoms. The number of piperidine rings is 1. The first-order valence-corrected chi connectivity index (χ1v) is 13.9. The number of morpholine rings is 1. The summed E-state index contributed by atoms with van der Waals surface area (Å²) >= 11 is 1.65. The molecule has 3 heterocycles. The highest BCUT2D eigenvalue weighted by Crippen LogP contribution is 2.39. The van der Waals surface area contributed by atoms with Crippen LogP contribution in [0.5, 0.6) is 0 Å². The first-order valence-electron chi connectivity index (χ1n) is 12.7. The Labute approximate surface area is 221 Å². The molecule has 10 heteroatoms. The van der Waals surface area contributed by atoms with Crippen molar-refractivity contribution in [3.63, 3.8) is 0 Å². The molecular formula is C27H33N5O4S. The fourth-order valence-corrected chi connectivity index (χ4v) is 5.76. The number of ether oxygens (including phenoxy) is 1. The van der Waals surface area contributed by atoms with Crippen molar-refractivity contribution in [2.45, 2.75) is 23.3 Å². The van der Waals surface area contributed by atoms with E-state index in [0.717, 1.165) is 16.3 Å². The molecule has 2 aromatic carbocycles. The topological polar surface area (TPSA) is 85.4 Å². The summed E-state index contributed by atoms with van der Waals surface area (Å²) in [5.74, 6) is -0.0864. The minimum absolute atomic E-state index is 0.0364. The normalized spacial score (nSPS) is 19.4. The van der Waals surface area contributed by atoms with E-state index in [-0.39, 0.29) is 24.4 Å². The van der Waals surface area contributed by atoms with Crippen LogP contribution in [0.4, 0.5) is 16.2 Å². The van der Waals surface area contributed by atoms with E-state index < -0.39 is 5.54 Å². The molecule has 0 bridgehead atoms. The molecule has 3 aliphatic heterocycles. The minimum Gasteiger partial charge on any atom is -0.378 e. The van der Waals surface area contributed by atoms with Gasteiger partial charge in [0, 0.05) is 42.4 Å². The standard InChI is InChI=1S/C27H33N5O4S/c1-37-23-9-7-21(8-10-23)28-26(35)30-13-11-27(12-14-30)25(34)31(19-24(33)29-15-17-36-18-16-29)20-32(27)22-5-3-2-4-6-22/h2-10H,11-20H2,1H3,(H,28,35). The van der Waals surface area contributed by atoms with Gasteiger partial charge in [-0.2, -0.15) is 0 Å². The van der Waals surface area contributed by atoms with Gasteiger partial charge in [0.2, 0.25) is 5.91 Å². The summed E-state index contributed by atoms with van der Waals surface area (Å²) < 4.78 is 5.36. The summed E-state index contributed by atoms with van der Waals surface area (Å²) in [6.07, 6.45) is 3.02. The fourth-order valence-electron chi connectivity index (χ4n) is 5.35. The van der Waals surface area contributed by atoms with Crippen molar-refractivity contribution in [2.75, 3.05) is 69.1 Å². The van der Waals surface area contributed by atoms with Crippen LogP contribution in [-0.2, 0) is 14.3 Å². The van der Waals surface area contributed by atoms with Gasteiger partial charge in [0.1, 0.15) is 12.1 Å². The lowest BCUT2D eigenvalue weighted by Crippen LogP contribution is -2.58. The molecule has 1 spiro atoms. The zero-order valence-electron chi connectivity index (χ0n) is 21.1. The number of para-hydroxylation sites is 1. The molecule has 0 atom stereocenters. The van der Waals surface area contributed by atoms with Gasteiger partial charge in [0.15, 0.2) is 0 Å². The third kappa shape index (κ3) is 5.26. The predicted molar refractivity (Wildman–Crippen MR) is 144 cm³/mol. The van der Waals surface area contributed by atoms with E-state index in [1.54, 1.807) is 26.5 Å². The molecule has 5 rings (SSSR count). The molecule has 9 nitrogen and oxygen atoms in total. The largest absolute Gasteiger partial charge is 0.378 e. The van der Waals surface area contributed by atoms with E-state index in [1.807, 2.05) is 60.9 Å². The zero-order valence-corrected chi connectivity index (χ0v) is 21.9. The smallest absolute Gasteiger partial charge is 0.321 e. The fraction of sp³-hybridized carbons (Fsp3) is 0.444. The van der Waals surface area contributed by atoms with Crippen LogP contribution in [-0.4, -0.2) is 96.9 Å². The van der Waals surface area contributed by atoms with E-state index >= 15 is 0 Å². The molecule has 0 aromatic heterocycles. The highest BCUT2D eigenvalue weighted by Gasteiger charge is 2.54. The van der Waals surface area contributed by atoms with Crippen LogP contribution in [0.1, 0.15) is 12.8 Å². The van der Waals surface area contributed by atoms with E-state index in [2.05, 4.69) is 10.2 Å². The van der Waals surface area contributed by atoms with Crippen LogP contribution < -0.4 is 10.2 Å². The van der Waals surface area contributed by atoms with Gasteiger partial charge < -0.3 is 29.7 Å². The van der Waals surface area contributed by atoms with E-state index in [4.69, 9.17) is 4.74 Å². The summed E-state index contributed by atoms with van der Waals surface area (Å²) in [7, 11) is 0. The Hall–Kier alpha value is -3.24. The second kappa shape index (κ2) is 11.0. The number of amides is 4. The quantitative estimate of drug-likeness (QED) is 0.607. The summed E-state index contributed by atoms with van der Waals surface area (Å²) in [6, 6.07) is 17.5. The molecule has 0 aliphatic carbocycles. The SMILES string of the molecule is CSc1ccc(NC(=O)N2CCC3(CC2)C(=O)N(CC(=O)N2CCOCC2)CN3c2ccccc2)cc1. The zero-order chi connectivity index (χ0) is 25.8. The van der Waals surface area contributed by atoms with Gasteiger partial charge >= 0.3 is 6.03 Å². The number of nitrogens with zero attached hydrogens (tertiary/aromatic N) is 4. The van der Waals surface area contributed by atoms with Crippen molar-refractivity contribution in [3.8, 4) is 0 Å². The number of rotatable bonds is 5. The second-order valence-electron chi connectivity index (χ2n) is 9.58. The van der Waals surface area contributed by atoms with Crippen LogP contribution >= 0.6 is 11.8 Å². The molecule has 2 aromatic rings. The van der Waals surface area contributed by atoms with Crippen molar-refractivity contribution in [1.29, 1.82) is 0 Å². The number of likely N-dealkylation sites (tertiary alicyclic amines) is 1. The molecular weight excluding hydrogens is 490 g/mol. The Morgan fingerprint density at radius 1 is 0.946 bits per heavy atom. The molecule has 196 valence electrons. The van der Waals surface area contributed by atoms with E-state index in [9.17, 15) is 14.4 Å². The number of urea groups is 1. The first-order chi connectivity index (χ1) is 18.0. The third-order valence-corrected chi connectivity index (χ3v) is 8.23. The van der Waals surface area contributed by atoms with E-state index in [0.29, 0.717) is 58.9 Å². The van der Waals surface area contributed by atoms with Crippen LogP contribution in [0.15, 0.2) is 59.5 Å². The van der Waals surface area contributed by atoms with Crippen molar-refractivity contribution >= 4 is 41.0 Å². The van der Waals surface area contributed by atoms with E-state index in [1.165, 1.54) is 0 Å².